The molecule has 0 saturated carbocycles. The van der Waals surface area contributed by atoms with Gasteiger partial charge in [0.15, 0.2) is 0 Å². The van der Waals surface area contributed by atoms with Crippen LogP contribution in [0.15, 0.2) is 58.1 Å². The number of nitrogens with one attached hydrogen (secondary N) is 1. The number of aromatic nitrogens is 2. The number of halogens is 1. The molecule has 0 aliphatic carbocycles. The molecule has 3 heterocycles. The molecule has 8 heteroatoms. The Kier molecular flexibility index (Phi) is 5.97. The molecule has 29 heavy (non-hydrogen) atoms. The summed E-state index contributed by atoms with van der Waals surface area (Å²) in [4.78, 5) is 26.9. The van der Waals surface area contributed by atoms with Gasteiger partial charge < -0.3 is 10.2 Å². The SMILES string of the molecule is O=C(NC1CCN(c2cnn(Cc3ccccc3)c(=O)c2Cl)CC1)c1ccsc1. The zero-order valence-corrected chi connectivity index (χ0v) is 17.3. The molecule has 0 bridgehead atoms. The van der Waals surface area contributed by atoms with Crippen LogP contribution in [0, 0.1) is 0 Å². The maximum atomic E-state index is 12.7. The third-order valence-electron chi connectivity index (χ3n) is 5.10. The topological polar surface area (TPSA) is 67.2 Å². The summed E-state index contributed by atoms with van der Waals surface area (Å²) in [5.74, 6) is -0.0343. The average molecular weight is 429 g/mol. The quantitative estimate of drug-likeness (QED) is 0.676. The molecule has 0 radical (unpaired) electrons. The van der Waals surface area contributed by atoms with Crippen LogP contribution in [0.1, 0.15) is 28.8 Å². The Balaban J connectivity index is 1.40. The molecule has 1 aromatic carbocycles. The maximum Gasteiger partial charge on any atom is 0.287 e. The second kappa shape index (κ2) is 8.80. The van der Waals surface area contributed by atoms with Crippen molar-refractivity contribution in [3.8, 4) is 0 Å². The van der Waals surface area contributed by atoms with Crippen LogP contribution >= 0.6 is 22.9 Å². The Morgan fingerprint density at radius 3 is 2.66 bits per heavy atom. The van der Waals surface area contributed by atoms with Crippen LogP contribution in [-0.2, 0) is 6.54 Å². The molecule has 1 aliphatic rings. The van der Waals surface area contributed by atoms with Gasteiger partial charge in [0.2, 0.25) is 0 Å². The molecular formula is C21H21ClN4O2S. The van der Waals surface area contributed by atoms with Gasteiger partial charge in [-0.1, -0.05) is 41.9 Å². The zero-order valence-electron chi connectivity index (χ0n) is 15.8. The maximum absolute atomic E-state index is 12.7. The van der Waals surface area contributed by atoms with Gasteiger partial charge in [-0.3, -0.25) is 9.59 Å². The lowest BCUT2D eigenvalue weighted by atomic mass is 10.0. The summed E-state index contributed by atoms with van der Waals surface area (Å²) in [6, 6.07) is 11.6. The highest BCUT2D eigenvalue weighted by molar-refractivity contribution is 7.08. The summed E-state index contributed by atoms with van der Waals surface area (Å²) in [7, 11) is 0. The fourth-order valence-corrected chi connectivity index (χ4v) is 4.37. The normalized spacial score (nSPS) is 14.7. The zero-order chi connectivity index (χ0) is 20.2. The fourth-order valence-electron chi connectivity index (χ4n) is 3.47. The third kappa shape index (κ3) is 4.52. The summed E-state index contributed by atoms with van der Waals surface area (Å²) in [5, 5.41) is 11.3. The molecule has 0 atom stereocenters. The molecule has 150 valence electrons. The molecular weight excluding hydrogens is 408 g/mol. The van der Waals surface area contributed by atoms with E-state index in [-0.39, 0.29) is 22.5 Å². The van der Waals surface area contributed by atoms with E-state index in [1.165, 1.54) is 16.0 Å². The van der Waals surface area contributed by atoms with Crippen molar-refractivity contribution >= 4 is 34.5 Å². The van der Waals surface area contributed by atoms with Gasteiger partial charge in [-0.25, -0.2) is 4.68 Å². The number of rotatable bonds is 5. The van der Waals surface area contributed by atoms with Gasteiger partial charge in [0.1, 0.15) is 5.02 Å². The van der Waals surface area contributed by atoms with E-state index < -0.39 is 0 Å². The number of carbonyl (C=O) groups is 1. The van der Waals surface area contributed by atoms with Gasteiger partial charge in [0.25, 0.3) is 11.5 Å². The number of benzene rings is 1. The lowest BCUT2D eigenvalue weighted by Crippen LogP contribution is -2.45. The van der Waals surface area contributed by atoms with Crippen LogP contribution in [0.4, 0.5) is 5.69 Å². The molecule has 0 spiro atoms. The van der Waals surface area contributed by atoms with Gasteiger partial charge in [0, 0.05) is 30.1 Å². The first-order valence-electron chi connectivity index (χ1n) is 9.49. The molecule has 1 N–H and O–H groups in total. The molecule has 1 amide bonds. The number of nitrogens with zero attached hydrogens (tertiary/aromatic N) is 3. The van der Waals surface area contributed by atoms with Crippen LogP contribution in [0.3, 0.4) is 0 Å². The minimum Gasteiger partial charge on any atom is -0.369 e. The number of thiophene rings is 1. The lowest BCUT2D eigenvalue weighted by Gasteiger charge is -2.34. The third-order valence-corrected chi connectivity index (χ3v) is 6.13. The minimum absolute atomic E-state index is 0.0343. The highest BCUT2D eigenvalue weighted by Gasteiger charge is 2.24. The van der Waals surface area contributed by atoms with Crippen molar-refractivity contribution in [3.63, 3.8) is 0 Å². The first-order chi connectivity index (χ1) is 14.1. The van der Waals surface area contributed by atoms with Crippen LogP contribution in [0.2, 0.25) is 5.02 Å². The van der Waals surface area contributed by atoms with E-state index in [1.54, 1.807) is 6.20 Å². The van der Waals surface area contributed by atoms with E-state index in [9.17, 15) is 9.59 Å². The second-order valence-corrected chi connectivity index (χ2v) is 8.20. The summed E-state index contributed by atoms with van der Waals surface area (Å²) in [5.41, 5.74) is 2.06. The van der Waals surface area contributed by atoms with Crippen molar-refractivity contribution in [1.29, 1.82) is 0 Å². The lowest BCUT2D eigenvalue weighted by molar-refractivity contribution is 0.0931. The van der Waals surface area contributed by atoms with Crippen LogP contribution in [-0.4, -0.2) is 34.8 Å². The van der Waals surface area contributed by atoms with E-state index in [1.807, 2.05) is 47.2 Å². The number of amides is 1. The van der Waals surface area contributed by atoms with E-state index in [0.717, 1.165) is 18.4 Å². The fraction of sp³-hybridized carbons (Fsp3) is 0.286. The van der Waals surface area contributed by atoms with Gasteiger partial charge in [-0.15, -0.1) is 0 Å². The van der Waals surface area contributed by atoms with E-state index in [0.29, 0.717) is 30.9 Å². The van der Waals surface area contributed by atoms with Gasteiger partial charge in [0.05, 0.1) is 18.4 Å². The summed E-state index contributed by atoms with van der Waals surface area (Å²) in [6.07, 6.45) is 3.25. The first-order valence-corrected chi connectivity index (χ1v) is 10.8. The Hall–Kier alpha value is -2.64. The number of hydrogen-bond acceptors (Lipinski definition) is 5. The molecule has 0 unspecified atom stereocenters. The Bertz CT molecular complexity index is 1030. The molecule has 4 rings (SSSR count). The number of carbonyl (C=O) groups excluding carboxylic acids is 1. The van der Waals surface area contributed by atoms with Crippen molar-refractivity contribution in [1.82, 2.24) is 15.1 Å². The van der Waals surface area contributed by atoms with E-state index >= 15 is 0 Å². The predicted molar refractivity (Wildman–Crippen MR) is 116 cm³/mol. The van der Waals surface area contributed by atoms with Crippen molar-refractivity contribution in [2.75, 3.05) is 18.0 Å². The van der Waals surface area contributed by atoms with Crippen molar-refractivity contribution in [2.24, 2.45) is 0 Å². The van der Waals surface area contributed by atoms with E-state index in [4.69, 9.17) is 11.6 Å². The molecule has 1 saturated heterocycles. The Morgan fingerprint density at radius 1 is 1.21 bits per heavy atom. The van der Waals surface area contributed by atoms with E-state index in [2.05, 4.69) is 15.3 Å². The van der Waals surface area contributed by atoms with Gasteiger partial charge in [-0.2, -0.15) is 16.4 Å². The standard InChI is InChI=1S/C21H21ClN4O2S/c22-19-18(12-23-26(21(19)28)13-15-4-2-1-3-5-15)25-9-6-17(7-10-25)24-20(27)16-8-11-29-14-16/h1-5,8,11-12,14,17H,6-7,9-10,13H2,(H,24,27). The summed E-state index contributed by atoms with van der Waals surface area (Å²) in [6.45, 7) is 1.80. The second-order valence-electron chi connectivity index (χ2n) is 7.04. The van der Waals surface area contributed by atoms with Gasteiger partial charge >= 0.3 is 0 Å². The average Bonchev–Trinajstić information content (AvgIpc) is 3.28. The van der Waals surface area contributed by atoms with Gasteiger partial charge in [-0.05, 0) is 29.9 Å². The van der Waals surface area contributed by atoms with Crippen LogP contribution in [0.5, 0.6) is 0 Å². The monoisotopic (exact) mass is 428 g/mol. The number of piperidine rings is 1. The molecule has 1 fully saturated rings. The van der Waals surface area contributed by atoms with Crippen LogP contribution in [0.25, 0.3) is 0 Å². The Labute approximate surface area is 177 Å². The highest BCUT2D eigenvalue weighted by atomic mass is 35.5. The molecule has 1 aliphatic heterocycles. The molecule has 2 aromatic heterocycles. The Morgan fingerprint density at radius 2 is 1.97 bits per heavy atom. The van der Waals surface area contributed by atoms with Crippen molar-refractivity contribution in [2.45, 2.75) is 25.4 Å². The van der Waals surface area contributed by atoms with Crippen molar-refractivity contribution < 1.29 is 4.79 Å². The number of anilines is 1. The minimum atomic E-state index is -0.291. The number of hydrogen-bond donors (Lipinski definition) is 1. The first kappa shape index (κ1) is 19.7. The highest BCUT2D eigenvalue weighted by Crippen LogP contribution is 2.25. The smallest absolute Gasteiger partial charge is 0.287 e. The largest absolute Gasteiger partial charge is 0.369 e. The summed E-state index contributed by atoms with van der Waals surface area (Å²) < 4.78 is 1.38. The predicted octanol–water partition coefficient (Wildman–Crippen LogP) is 3.41. The van der Waals surface area contributed by atoms with Crippen molar-refractivity contribution in [3.05, 3.63) is 79.9 Å². The molecule has 3 aromatic rings. The summed E-state index contributed by atoms with van der Waals surface area (Å²) >= 11 is 7.91. The van der Waals surface area contributed by atoms with Crippen LogP contribution < -0.4 is 15.8 Å². The molecule has 6 nitrogen and oxygen atoms in total.